The standard InChI is InChI=1S/C21H24F2N4O5/c1-29-12-19(28)26-4-3-14(11-26)32-18-8-16-17(10-24-18)31-6-5-27(16)13-7-15(20(22)23)21(30-2)25-9-13/h7-10,14,20H,3-6,11-12H2,1-2H3. The van der Waals surface area contributed by atoms with E-state index >= 15 is 0 Å². The molecule has 0 bridgehead atoms. The Balaban J connectivity index is 1.54. The van der Waals surface area contributed by atoms with Crippen LogP contribution in [0.4, 0.5) is 20.2 Å². The molecular formula is C21H24F2N4O5. The number of pyridine rings is 2. The maximum absolute atomic E-state index is 13.5. The zero-order valence-corrected chi connectivity index (χ0v) is 17.8. The Morgan fingerprint density at radius 1 is 1.25 bits per heavy atom. The number of carbonyl (C=O) groups is 1. The molecule has 2 aliphatic rings. The second kappa shape index (κ2) is 9.51. The predicted octanol–water partition coefficient (Wildman–Crippen LogP) is 2.58. The normalized spacial score (nSPS) is 17.8. The second-order valence-electron chi connectivity index (χ2n) is 7.38. The Morgan fingerprint density at radius 2 is 2.09 bits per heavy atom. The number of nitrogens with zero attached hydrogens (tertiary/aromatic N) is 4. The number of ether oxygens (including phenoxy) is 4. The molecule has 9 nitrogen and oxygen atoms in total. The third-order valence-electron chi connectivity index (χ3n) is 5.34. The van der Waals surface area contributed by atoms with Crippen molar-refractivity contribution >= 4 is 17.3 Å². The van der Waals surface area contributed by atoms with E-state index in [0.29, 0.717) is 55.7 Å². The van der Waals surface area contributed by atoms with Crippen molar-refractivity contribution in [1.82, 2.24) is 14.9 Å². The van der Waals surface area contributed by atoms with Gasteiger partial charge in [-0.25, -0.2) is 18.7 Å². The average molecular weight is 450 g/mol. The topological polar surface area (TPSA) is 86.2 Å². The molecule has 0 aliphatic carbocycles. The van der Waals surface area contributed by atoms with Gasteiger partial charge >= 0.3 is 0 Å². The summed E-state index contributed by atoms with van der Waals surface area (Å²) in [7, 11) is 2.79. The minimum Gasteiger partial charge on any atom is -0.488 e. The second-order valence-corrected chi connectivity index (χ2v) is 7.38. The quantitative estimate of drug-likeness (QED) is 0.636. The van der Waals surface area contributed by atoms with E-state index < -0.39 is 6.43 Å². The molecule has 0 spiro atoms. The molecule has 32 heavy (non-hydrogen) atoms. The van der Waals surface area contributed by atoms with Gasteiger partial charge in [-0.15, -0.1) is 0 Å². The smallest absolute Gasteiger partial charge is 0.269 e. The fraction of sp³-hybridized carbons (Fsp3) is 0.476. The number of fused-ring (bicyclic) bond motifs is 1. The molecule has 1 amide bonds. The van der Waals surface area contributed by atoms with Gasteiger partial charge in [0.25, 0.3) is 6.43 Å². The van der Waals surface area contributed by atoms with Gasteiger partial charge in [-0.3, -0.25) is 4.79 Å². The highest BCUT2D eigenvalue weighted by Gasteiger charge is 2.29. The summed E-state index contributed by atoms with van der Waals surface area (Å²) in [6.45, 7) is 1.87. The molecule has 0 saturated carbocycles. The first kappa shape index (κ1) is 22.0. The average Bonchev–Trinajstić information content (AvgIpc) is 3.27. The number of halogens is 2. The van der Waals surface area contributed by atoms with Gasteiger partial charge in [0.1, 0.15) is 19.3 Å². The Labute approximate surface area is 183 Å². The SMILES string of the molecule is COCC(=O)N1CCC(Oc2cc3c(cn2)OCCN3c2cnc(OC)c(C(F)F)c2)C1. The third-order valence-corrected chi connectivity index (χ3v) is 5.34. The van der Waals surface area contributed by atoms with Crippen molar-refractivity contribution in [3.05, 3.63) is 30.1 Å². The van der Waals surface area contributed by atoms with E-state index in [2.05, 4.69) is 9.97 Å². The molecule has 1 saturated heterocycles. The molecule has 11 heteroatoms. The molecule has 1 fully saturated rings. The van der Waals surface area contributed by atoms with E-state index in [9.17, 15) is 13.6 Å². The third kappa shape index (κ3) is 4.52. The maximum Gasteiger partial charge on any atom is 0.269 e. The number of hydrogen-bond donors (Lipinski definition) is 0. The molecule has 1 unspecified atom stereocenters. The molecule has 2 aromatic rings. The lowest BCUT2D eigenvalue weighted by Gasteiger charge is -2.31. The Morgan fingerprint density at radius 3 is 2.84 bits per heavy atom. The zero-order valence-electron chi connectivity index (χ0n) is 17.8. The number of likely N-dealkylation sites (tertiary alicyclic amines) is 1. The first-order valence-corrected chi connectivity index (χ1v) is 10.2. The predicted molar refractivity (Wildman–Crippen MR) is 110 cm³/mol. The van der Waals surface area contributed by atoms with E-state index in [1.807, 2.05) is 4.90 Å². The number of alkyl halides is 2. The summed E-state index contributed by atoms with van der Waals surface area (Å²) in [5.74, 6) is 0.686. The van der Waals surface area contributed by atoms with Crippen LogP contribution in [0.1, 0.15) is 18.4 Å². The van der Waals surface area contributed by atoms with Crippen LogP contribution in [0.3, 0.4) is 0 Å². The molecule has 0 N–H and O–H groups in total. The van der Waals surface area contributed by atoms with Crippen LogP contribution in [-0.2, 0) is 9.53 Å². The van der Waals surface area contributed by atoms with Crippen LogP contribution >= 0.6 is 0 Å². The lowest BCUT2D eigenvalue weighted by Crippen LogP contribution is -2.33. The Kier molecular flexibility index (Phi) is 6.54. The minimum absolute atomic E-state index is 0.0343. The van der Waals surface area contributed by atoms with Crippen LogP contribution in [-0.4, -0.2) is 73.9 Å². The van der Waals surface area contributed by atoms with Crippen LogP contribution in [0, 0.1) is 0 Å². The highest BCUT2D eigenvalue weighted by molar-refractivity contribution is 5.77. The largest absolute Gasteiger partial charge is 0.488 e. The monoisotopic (exact) mass is 450 g/mol. The molecular weight excluding hydrogens is 426 g/mol. The van der Waals surface area contributed by atoms with E-state index in [4.69, 9.17) is 18.9 Å². The lowest BCUT2D eigenvalue weighted by molar-refractivity contribution is -0.134. The number of amides is 1. The zero-order chi connectivity index (χ0) is 22.7. The highest BCUT2D eigenvalue weighted by Crippen LogP contribution is 2.40. The van der Waals surface area contributed by atoms with Crippen molar-refractivity contribution in [3.8, 4) is 17.5 Å². The van der Waals surface area contributed by atoms with Gasteiger partial charge in [0.2, 0.25) is 17.7 Å². The maximum atomic E-state index is 13.5. The summed E-state index contributed by atoms with van der Waals surface area (Å²) in [6.07, 6.45) is 0.781. The van der Waals surface area contributed by atoms with Gasteiger partial charge < -0.3 is 28.7 Å². The van der Waals surface area contributed by atoms with Gasteiger partial charge in [-0.2, -0.15) is 0 Å². The van der Waals surface area contributed by atoms with Crippen molar-refractivity contribution < 1.29 is 32.5 Å². The van der Waals surface area contributed by atoms with Crippen LogP contribution in [0.5, 0.6) is 17.5 Å². The van der Waals surface area contributed by atoms with E-state index in [-0.39, 0.29) is 30.1 Å². The first-order chi connectivity index (χ1) is 15.5. The first-order valence-electron chi connectivity index (χ1n) is 10.2. The number of hydrogen-bond acceptors (Lipinski definition) is 8. The van der Waals surface area contributed by atoms with Gasteiger partial charge in [0, 0.05) is 26.1 Å². The number of rotatable bonds is 7. The number of anilines is 2. The van der Waals surface area contributed by atoms with Crippen molar-refractivity contribution in [1.29, 1.82) is 0 Å². The molecule has 4 heterocycles. The number of aromatic nitrogens is 2. The van der Waals surface area contributed by atoms with Crippen LogP contribution < -0.4 is 19.1 Å². The molecule has 1 atom stereocenters. The van der Waals surface area contributed by atoms with Gasteiger partial charge in [-0.1, -0.05) is 0 Å². The summed E-state index contributed by atoms with van der Waals surface area (Å²) < 4.78 is 48.4. The Hall–Kier alpha value is -3.21. The van der Waals surface area contributed by atoms with Crippen LogP contribution in [0.15, 0.2) is 24.5 Å². The number of methoxy groups -OCH3 is 2. The van der Waals surface area contributed by atoms with Gasteiger partial charge in [0.05, 0.1) is 49.5 Å². The van der Waals surface area contributed by atoms with E-state index in [0.717, 1.165) is 0 Å². The number of carbonyl (C=O) groups excluding carboxylic acids is 1. The highest BCUT2D eigenvalue weighted by atomic mass is 19.3. The van der Waals surface area contributed by atoms with Crippen LogP contribution in [0.2, 0.25) is 0 Å². The Bertz CT molecular complexity index is 977. The summed E-state index contributed by atoms with van der Waals surface area (Å²) in [5.41, 5.74) is 0.842. The van der Waals surface area contributed by atoms with Gasteiger partial charge in [0.15, 0.2) is 5.75 Å². The van der Waals surface area contributed by atoms with Crippen molar-refractivity contribution in [2.24, 2.45) is 0 Å². The summed E-state index contributed by atoms with van der Waals surface area (Å²) in [6, 6.07) is 3.07. The molecule has 0 radical (unpaired) electrons. The van der Waals surface area contributed by atoms with Crippen LogP contribution in [0.25, 0.3) is 0 Å². The van der Waals surface area contributed by atoms with Crippen molar-refractivity contribution in [2.75, 3.05) is 52.0 Å². The molecule has 172 valence electrons. The molecule has 0 aromatic carbocycles. The lowest BCUT2D eigenvalue weighted by atomic mass is 10.2. The fourth-order valence-electron chi connectivity index (χ4n) is 3.80. The fourth-order valence-corrected chi connectivity index (χ4v) is 3.80. The molecule has 2 aliphatic heterocycles. The molecule has 4 rings (SSSR count). The van der Waals surface area contributed by atoms with Crippen molar-refractivity contribution in [2.45, 2.75) is 19.0 Å². The summed E-state index contributed by atoms with van der Waals surface area (Å²) in [4.78, 5) is 23.9. The van der Waals surface area contributed by atoms with E-state index in [1.165, 1.54) is 26.5 Å². The van der Waals surface area contributed by atoms with Gasteiger partial charge in [-0.05, 0) is 6.07 Å². The van der Waals surface area contributed by atoms with Crippen molar-refractivity contribution in [3.63, 3.8) is 0 Å². The van der Waals surface area contributed by atoms with E-state index in [1.54, 1.807) is 17.2 Å². The summed E-state index contributed by atoms with van der Waals surface area (Å²) in [5, 5.41) is 0. The molecule has 2 aromatic heterocycles. The summed E-state index contributed by atoms with van der Waals surface area (Å²) >= 11 is 0. The minimum atomic E-state index is -2.72.